The van der Waals surface area contributed by atoms with Crippen molar-refractivity contribution in [1.82, 2.24) is 9.97 Å². The maximum Gasteiger partial charge on any atom is 0.161 e. The van der Waals surface area contributed by atoms with Gasteiger partial charge in [0.1, 0.15) is 10.8 Å². The summed E-state index contributed by atoms with van der Waals surface area (Å²) < 4.78 is 5.44. The van der Waals surface area contributed by atoms with E-state index in [1.165, 1.54) is 0 Å². The third kappa shape index (κ3) is 2.67. The van der Waals surface area contributed by atoms with Crippen LogP contribution in [0.1, 0.15) is 38.7 Å². The van der Waals surface area contributed by atoms with Crippen molar-refractivity contribution in [2.75, 3.05) is 7.11 Å². The third-order valence-electron chi connectivity index (χ3n) is 2.71. The minimum Gasteiger partial charge on any atom is -0.371 e. The molecule has 0 amide bonds. The van der Waals surface area contributed by atoms with Crippen molar-refractivity contribution in [2.45, 2.75) is 39.2 Å². The first-order chi connectivity index (χ1) is 7.05. The number of halogens is 1. The smallest absolute Gasteiger partial charge is 0.161 e. The maximum atomic E-state index is 5.94. The van der Waals surface area contributed by atoms with Crippen LogP contribution in [0.4, 0.5) is 0 Å². The molecule has 1 aromatic heterocycles. The molecule has 0 fully saturated rings. The Hall–Kier alpha value is -0.670. The quantitative estimate of drug-likeness (QED) is 0.744. The Balaban J connectivity index is 3.18. The first kappa shape index (κ1) is 12.4. The van der Waals surface area contributed by atoms with Crippen LogP contribution in [0, 0.1) is 0 Å². The molecule has 0 aromatic carbocycles. The van der Waals surface area contributed by atoms with E-state index < -0.39 is 5.60 Å². The topological polar surface area (TPSA) is 35.0 Å². The van der Waals surface area contributed by atoms with Gasteiger partial charge in [0.25, 0.3) is 0 Å². The van der Waals surface area contributed by atoms with Crippen LogP contribution in [0.5, 0.6) is 0 Å². The van der Waals surface area contributed by atoms with Gasteiger partial charge in [0.2, 0.25) is 0 Å². The SMILES string of the molecule is CCc1cc(Cl)nc(C(C)(CC)OC)n1. The lowest BCUT2D eigenvalue weighted by molar-refractivity contribution is -0.00913. The van der Waals surface area contributed by atoms with E-state index in [9.17, 15) is 0 Å². The summed E-state index contributed by atoms with van der Waals surface area (Å²) in [6.07, 6.45) is 1.66. The molecule has 0 N–H and O–H groups in total. The summed E-state index contributed by atoms with van der Waals surface area (Å²) in [7, 11) is 1.67. The lowest BCUT2D eigenvalue weighted by Crippen LogP contribution is -2.26. The van der Waals surface area contributed by atoms with Gasteiger partial charge in [-0.1, -0.05) is 25.4 Å². The van der Waals surface area contributed by atoms with Crippen LogP contribution in [0.3, 0.4) is 0 Å². The van der Waals surface area contributed by atoms with Gasteiger partial charge in [-0.25, -0.2) is 9.97 Å². The zero-order valence-electron chi connectivity index (χ0n) is 9.67. The monoisotopic (exact) mass is 228 g/mol. The van der Waals surface area contributed by atoms with Crippen molar-refractivity contribution in [3.8, 4) is 0 Å². The van der Waals surface area contributed by atoms with Gasteiger partial charge < -0.3 is 4.74 Å². The van der Waals surface area contributed by atoms with Gasteiger partial charge in [-0.05, 0) is 25.8 Å². The van der Waals surface area contributed by atoms with Crippen molar-refractivity contribution in [3.05, 3.63) is 22.7 Å². The first-order valence-corrected chi connectivity index (χ1v) is 5.52. The van der Waals surface area contributed by atoms with Gasteiger partial charge in [0.15, 0.2) is 5.82 Å². The molecule has 1 atom stereocenters. The van der Waals surface area contributed by atoms with E-state index in [4.69, 9.17) is 16.3 Å². The number of ether oxygens (including phenoxy) is 1. The molecule has 1 heterocycles. The molecule has 15 heavy (non-hydrogen) atoms. The second-order valence-corrected chi connectivity index (χ2v) is 4.03. The van der Waals surface area contributed by atoms with E-state index in [1.807, 2.05) is 20.8 Å². The summed E-state index contributed by atoms with van der Waals surface area (Å²) in [6.45, 7) is 6.05. The van der Waals surface area contributed by atoms with Crippen molar-refractivity contribution in [2.24, 2.45) is 0 Å². The molecule has 0 bridgehead atoms. The lowest BCUT2D eigenvalue weighted by Gasteiger charge is -2.25. The molecular weight excluding hydrogens is 212 g/mol. The minimum absolute atomic E-state index is 0.450. The van der Waals surface area contributed by atoms with Crippen LogP contribution in [-0.2, 0) is 16.8 Å². The minimum atomic E-state index is -0.450. The molecular formula is C11H17ClN2O. The molecule has 0 saturated carbocycles. The molecule has 0 saturated heterocycles. The molecule has 0 aliphatic rings. The fraction of sp³-hybridized carbons (Fsp3) is 0.636. The van der Waals surface area contributed by atoms with Crippen LogP contribution < -0.4 is 0 Å². The van der Waals surface area contributed by atoms with E-state index in [-0.39, 0.29) is 0 Å². The Morgan fingerprint density at radius 2 is 2.07 bits per heavy atom. The van der Waals surface area contributed by atoms with E-state index in [0.717, 1.165) is 18.5 Å². The average molecular weight is 229 g/mol. The van der Waals surface area contributed by atoms with Crippen molar-refractivity contribution in [1.29, 1.82) is 0 Å². The highest BCUT2D eigenvalue weighted by molar-refractivity contribution is 6.29. The van der Waals surface area contributed by atoms with Crippen molar-refractivity contribution < 1.29 is 4.74 Å². The van der Waals surface area contributed by atoms with Gasteiger partial charge >= 0.3 is 0 Å². The molecule has 4 heteroatoms. The van der Waals surface area contributed by atoms with Crippen molar-refractivity contribution >= 4 is 11.6 Å². The number of nitrogens with zero attached hydrogens (tertiary/aromatic N) is 2. The zero-order chi connectivity index (χ0) is 11.5. The Bertz CT molecular complexity index is 337. The molecule has 0 spiro atoms. The highest BCUT2D eigenvalue weighted by Gasteiger charge is 2.27. The molecule has 0 aliphatic carbocycles. The van der Waals surface area contributed by atoms with Crippen molar-refractivity contribution in [3.63, 3.8) is 0 Å². The molecule has 1 unspecified atom stereocenters. The van der Waals surface area contributed by atoms with Crippen LogP contribution in [0.25, 0.3) is 0 Å². The number of methoxy groups -OCH3 is 1. The second kappa shape index (κ2) is 4.90. The molecule has 3 nitrogen and oxygen atoms in total. The number of aryl methyl sites for hydroxylation is 1. The summed E-state index contributed by atoms with van der Waals surface area (Å²) in [5.41, 5.74) is 0.496. The van der Waals surface area contributed by atoms with E-state index in [2.05, 4.69) is 9.97 Å². The molecule has 0 radical (unpaired) electrons. The molecule has 1 rings (SSSR count). The summed E-state index contributed by atoms with van der Waals surface area (Å²) >= 11 is 5.94. The predicted molar refractivity (Wildman–Crippen MR) is 61.1 cm³/mol. The Labute approximate surface area is 95.8 Å². The van der Waals surface area contributed by atoms with Crippen LogP contribution in [-0.4, -0.2) is 17.1 Å². The highest BCUT2D eigenvalue weighted by atomic mass is 35.5. The largest absolute Gasteiger partial charge is 0.371 e. The van der Waals surface area contributed by atoms with Crippen LogP contribution in [0.2, 0.25) is 5.15 Å². The van der Waals surface area contributed by atoms with E-state index in [1.54, 1.807) is 13.2 Å². The van der Waals surface area contributed by atoms with Gasteiger partial charge in [-0.15, -0.1) is 0 Å². The number of hydrogen-bond acceptors (Lipinski definition) is 3. The average Bonchev–Trinajstić information content (AvgIpc) is 2.27. The summed E-state index contributed by atoms with van der Waals surface area (Å²) in [4.78, 5) is 8.67. The van der Waals surface area contributed by atoms with Gasteiger partial charge in [0, 0.05) is 12.8 Å². The van der Waals surface area contributed by atoms with Gasteiger partial charge in [-0.2, -0.15) is 0 Å². The fourth-order valence-electron chi connectivity index (χ4n) is 1.28. The summed E-state index contributed by atoms with van der Waals surface area (Å²) in [5.74, 6) is 0.664. The lowest BCUT2D eigenvalue weighted by atomic mass is 10.0. The first-order valence-electron chi connectivity index (χ1n) is 5.14. The summed E-state index contributed by atoms with van der Waals surface area (Å²) in [6, 6.07) is 1.79. The zero-order valence-corrected chi connectivity index (χ0v) is 10.4. The number of rotatable bonds is 4. The molecule has 0 aliphatic heterocycles. The van der Waals surface area contributed by atoms with Crippen LogP contribution >= 0.6 is 11.6 Å². The van der Waals surface area contributed by atoms with Gasteiger partial charge in [0.05, 0.1) is 0 Å². The Morgan fingerprint density at radius 3 is 2.53 bits per heavy atom. The highest BCUT2D eigenvalue weighted by Crippen LogP contribution is 2.26. The van der Waals surface area contributed by atoms with E-state index in [0.29, 0.717) is 11.0 Å². The second-order valence-electron chi connectivity index (χ2n) is 3.65. The summed E-state index contributed by atoms with van der Waals surface area (Å²) in [5, 5.41) is 0.480. The number of aromatic nitrogens is 2. The maximum absolute atomic E-state index is 5.94. The standard InChI is InChI=1S/C11H17ClN2O/c1-5-8-7-9(12)14-10(13-8)11(3,6-2)15-4/h7H,5-6H2,1-4H3. The third-order valence-corrected chi connectivity index (χ3v) is 2.90. The Kier molecular flexibility index (Phi) is 4.05. The fourth-order valence-corrected chi connectivity index (χ4v) is 1.48. The normalized spacial score (nSPS) is 15.0. The predicted octanol–water partition coefficient (Wildman–Crippen LogP) is 2.96. The van der Waals surface area contributed by atoms with Crippen LogP contribution in [0.15, 0.2) is 6.07 Å². The Morgan fingerprint density at radius 1 is 1.40 bits per heavy atom. The molecule has 1 aromatic rings. The number of hydrogen-bond donors (Lipinski definition) is 0. The van der Waals surface area contributed by atoms with E-state index >= 15 is 0 Å². The molecule has 84 valence electrons. The van der Waals surface area contributed by atoms with Gasteiger partial charge in [-0.3, -0.25) is 0 Å².